The summed E-state index contributed by atoms with van der Waals surface area (Å²) in [6, 6.07) is 0. The van der Waals surface area contributed by atoms with Crippen LogP contribution in [0.15, 0.2) is 6.33 Å². The van der Waals surface area contributed by atoms with Gasteiger partial charge in [-0.25, -0.2) is 4.98 Å². The van der Waals surface area contributed by atoms with Crippen molar-refractivity contribution in [2.45, 2.75) is 38.2 Å². The Hall–Kier alpha value is -2.00. The third-order valence-corrected chi connectivity index (χ3v) is 4.21. The van der Waals surface area contributed by atoms with E-state index in [9.17, 15) is 10.1 Å². The van der Waals surface area contributed by atoms with Crippen LogP contribution in [-0.2, 0) is 9.47 Å². The number of methoxy groups -OCH3 is 2. The Kier molecular flexibility index (Phi) is 7.80. The Morgan fingerprint density at radius 3 is 2.36 bits per heavy atom. The predicted octanol–water partition coefficient (Wildman–Crippen LogP) is 2.20. The van der Waals surface area contributed by atoms with Gasteiger partial charge in [-0.3, -0.25) is 10.1 Å². The van der Waals surface area contributed by atoms with Crippen molar-refractivity contribution in [2.24, 2.45) is 0 Å². The number of nitro groups is 1. The van der Waals surface area contributed by atoms with Gasteiger partial charge in [0.15, 0.2) is 0 Å². The summed E-state index contributed by atoms with van der Waals surface area (Å²) >= 11 is 0. The van der Waals surface area contributed by atoms with Gasteiger partial charge in [0.25, 0.3) is 5.88 Å². The minimum absolute atomic E-state index is 0.0263. The summed E-state index contributed by atoms with van der Waals surface area (Å²) in [5, 5.41) is 11.7. The normalized spacial score (nSPS) is 15.1. The van der Waals surface area contributed by atoms with Gasteiger partial charge < -0.3 is 19.1 Å². The standard InChI is InChI=1S/C16H26N4O5/c1-23-10-8-19(9-11-24-2)15-14(20(21)22)16(18-12-17-15)25-13-6-4-3-5-7-13/h12-13H,3-11H2,1-2H3. The van der Waals surface area contributed by atoms with E-state index in [1.165, 1.54) is 12.7 Å². The maximum absolute atomic E-state index is 11.7. The highest BCUT2D eigenvalue weighted by molar-refractivity contribution is 5.62. The molecule has 0 amide bonds. The summed E-state index contributed by atoms with van der Waals surface area (Å²) in [5.41, 5.74) is -0.194. The molecule has 1 aromatic rings. The van der Waals surface area contributed by atoms with Crippen LogP contribution in [0.5, 0.6) is 5.88 Å². The van der Waals surface area contributed by atoms with Gasteiger partial charge in [-0.1, -0.05) is 6.42 Å². The fourth-order valence-corrected chi connectivity index (χ4v) is 2.90. The summed E-state index contributed by atoms with van der Waals surface area (Å²) in [5.74, 6) is 0.279. The molecule has 0 N–H and O–H groups in total. The first-order valence-corrected chi connectivity index (χ1v) is 8.56. The second-order valence-electron chi connectivity index (χ2n) is 5.96. The van der Waals surface area contributed by atoms with Crippen molar-refractivity contribution < 1.29 is 19.1 Å². The molecule has 9 heteroatoms. The molecule has 1 fully saturated rings. The lowest BCUT2D eigenvalue weighted by Gasteiger charge is -2.25. The topological polar surface area (TPSA) is 99.9 Å². The van der Waals surface area contributed by atoms with Crippen molar-refractivity contribution in [3.8, 4) is 5.88 Å². The van der Waals surface area contributed by atoms with E-state index in [-0.39, 0.29) is 23.5 Å². The molecule has 1 aliphatic carbocycles. The summed E-state index contributed by atoms with van der Waals surface area (Å²) < 4.78 is 16.1. The molecule has 1 heterocycles. The Morgan fingerprint density at radius 2 is 1.80 bits per heavy atom. The van der Waals surface area contributed by atoms with Crippen LogP contribution in [0.1, 0.15) is 32.1 Å². The van der Waals surface area contributed by atoms with Gasteiger partial charge in [0, 0.05) is 27.3 Å². The van der Waals surface area contributed by atoms with Gasteiger partial charge in [0.1, 0.15) is 12.4 Å². The lowest BCUT2D eigenvalue weighted by molar-refractivity contribution is -0.385. The van der Waals surface area contributed by atoms with Gasteiger partial charge in [-0.15, -0.1) is 0 Å². The number of hydrogen-bond acceptors (Lipinski definition) is 8. The highest BCUT2D eigenvalue weighted by Crippen LogP contribution is 2.35. The first-order valence-electron chi connectivity index (χ1n) is 8.56. The van der Waals surface area contributed by atoms with Gasteiger partial charge in [-0.05, 0) is 25.7 Å². The van der Waals surface area contributed by atoms with Crippen molar-refractivity contribution in [2.75, 3.05) is 45.4 Å². The number of nitrogens with zero attached hydrogens (tertiary/aromatic N) is 4. The largest absolute Gasteiger partial charge is 0.469 e. The second-order valence-corrected chi connectivity index (χ2v) is 5.96. The average Bonchev–Trinajstić information content (AvgIpc) is 2.62. The van der Waals surface area contributed by atoms with Gasteiger partial charge >= 0.3 is 5.69 Å². The Balaban J connectivity index is 2.28. The molecule has 0 spiro atoms. The molecule has 9 nitrogen and oxygen atoms in total. The highest BCUT2D eigenvalue weighted by atomic mass is 16.6. The lowest BCUT2D eigenvalue weighted by atomic mass is 9.98. The Bertz CT molecular complexity index is 543. The Morgan fingerprint density at radius 1 is 1.16 bits per heavy atom. The minimum Gasteiger partial charge on any atom is -0.469 e. The van der Waals surface area contributed by atoms with Crippen LogP contribution in [0, 0.1) is 10.1 Å². The molecule has 25 heavy (non-hydrogen) atoms. The molecule has 0 atom stereocenters. The van der Waals surface area contributed by atoms with Crippen molar-refractivity contribution in [3.05, 3.63) is 16.4 Å². The van der Waals surface area contributed by atoms with E-state index in [0.717, 1.165) is 25.7 Å². The van der Waals surface area contributed by atoms with E-state index in [4.69, 9.17) is 14.2 Å². The van der Waals surface area contributed by atoms with Crippen molar-refractivity contribution >= 4 is 11.5 Å². The van der Waals surface area contributed by atoms with Crippen LogP contribution >= 0.6 is 0 Å². The second kappa shape index (κ2) is 10.1. The molecule has 0 bridgehead atoms. The summed E-state index contributed by atoms with van der Waals surface area (Å²) in [6.45, 7) is 1.76. The van der Waals surface area contributed by atoms with Crippen molar-refractivity contribution in [3.63, 3.8) is 0 Å². The van der Waals surface area contributed by atoms with E-state index in [1.54, 1.807) is 19.1 Å². The molecule has 0 unspecified atom stereocenters. The van der Waals surface area contributed by atoms with Crippen LogP contribution < -0.4 is 9.64 Å². The number of hydrogen-bond donors (Lipinski definition) is 0. The molecule has 1 aromatic heterocycles. The Labute approximate surface area is 147 Å². The van der Waals surface area contributed by atoms with Crippen LogP contribution in [0.2, 0.25) is 0 Å². The highest BCUT2D eigenvalue weighted by Gasteiger charge is 2.30. The zero-order valence-electron chi connectivity index (χ0n) is 14.8. The van der Waals surface area contributed by atoms with E-state index in [1.807, 2.05) is 0 Å². The third-order valence-electron chi connectivity index (χ3n) is 4.21. The molecular weight excluding hydrogens is 328 g/mol. The SMILES string of the molecule is COCCN(CCOC)c1ncnc(OC2CCCCC2)c1[N+](=O)[O-]. The molecule has 1 saturated carbocycles. The van der Waals surface area contributed by atoms with Crippen LogP contribution in [0.4, 0.5) is 11.5 Å². The van der Waals surface area contributed by atoms with Crippen molar-refractivity contribution in [1.82, 2.24) is 9.97 Å². The summed E-state index contributed by atoms with van der Waals surface area (Å²) in [6.07, 6.45) is 6.41. The zero-order valence-corrected chi connectivity index (χ0v) is 14.8. The monoisotopic (exact) mass is 354 g/mol. The van der Waals surface area contributed by atoms with Crippen molar-refractivity contribution in [1.29, 1.82) is 0 Å². The average molecular weight is 354 g/mol. The first-order chi connectivity index (χ1) is 12.2. The van der Waals surface area contributed by atoms with E-state index in [2.05, 4.69) is 9.97 Å². The molecule has 0 radical (unpaired) electrons. The fourth-order valence-electron chi connectivity index (χ4n) is 2.90. The number of ether oxygens (including phenoxy) is 3. The molecule has 2 rings (SSSR count). The third kappa shape index (κ3) is 5.50. The van der Waals surface area contributed by atoms with Crippen LogP contribution in [0.25, 0.3) is 0 Å². The maximum atomic E-state index is 11.7. The molecule has 0 aromatic carbocycles. The molecular formula is C16H26N4O5. The van der Waals surface area contributed by atoms with E-state index >= 15 is 0 Å². The smallest absolute Gasteiger partial charge is 0.372 e. The molecule has 1 aliphatic rings. The molecule has 0 aliphatic heterocycles. The van der Waals surface area contributed by atoms with E-state index < -0.39 is 4.92 Å². The summed E-state index contributed by atoms with van der Waals surface area (Å²) in [4.78, 5) is 21.2. The number of aromatic nitrogens is 2. The zero-order chi connectivity index (χ0) is 18.1. The molecule has 0 saturated heterocycles. The summed E-state index contributed by atoms with van der Waals surface area (Å²) in [7, 11) is 3.17. The minimum atomic E-state index is -0.472. The van der Waals surface area contributed by atoms with Crippen LogP contribution in [-0.4, -0.2) is 61.5 Å². The lowest BCUT2D eigenvalue weighted by Crippen LogP contribution is -2.32. The van der Waals surface area contributed by atoms with Gasteiger partial charge in [-0.2, -0.15) is 4.98 Å². The quantitative estimate of drug-likeness (QED) is 0.466. The number of rotatable bonds is 10. The fraction of sp³-hybridized carbons (Fsp3) is 0.750. The maximum Gasteiger partial charge on any atom is 0.372 e. The van der Waals surface area contributed by atoms with Crippen LogP contribution in [0.3, 0.4) is 0 Å². The van der Waals surface area contributed by atoms with Gasteiger partial charge in [0.2, 0.25) is 5.82 Å². The number of anilines is 1. The predicted molar refractivity (Wildman–Crippen MR) is 92.2 cm³/mol. The first kappa shape index (κ1) is 19.3. The van der Waals surface area contributed by atoms with E-state index in [0.29, 0.717) is 26.3 Å². The van der Waals surface area contributed by atoms with Gasteiger partial charge in [0.05, 0.1) is 18.1 Å². The molecule has 140 valence electrons.